The number of nitrogens with two attached hydrogens (primary N) is 1. The summed E-state index contributed by atoms with van der Waals surface area (Å²) in [5, 5.41) is 11.0. The van der Waals surface area contributed by atoms with Crippen molar-refractivity contribution in [3.63, 3.8) is 0 Å². The van der Waals surface area contributed by atoms with Crippen LogP contribution in [0.5, 0.6) is 5.75 Å². The van der Waals surface area contributed by atoms with Gasteiger partial charge in [0.05, 0.1) is 18.7 Å². The van der Waals surface area contributed by atoms with E-state index in [4.69, 9.17) is 10.5 Å². The monoisotopic (exact) mass is 422 g/mol. The second-order valence-electron chi connectivity index (χ2n) is 8.74. The number of aliphatic hydroxyl groups is 1. The summed E-state index contributed by atoms with van der Waals surface area (Å²) < 4.78 is 5.16. The molecule has 1 heterocycles. The molecule has 0 spiro atoms. The van der Waals surface area contributed by atoms with E-state index in [0.29, 0.717) is 30.8 Å². The molecule has 6 heteroatoms. The lowest BCUT2D eigenvalue weighted by Crippen LogP contribution is -2.31. The van der Waals surface area contributed by atoms with Crippen molar-refractivity contribution in [2.24, 2.45) is 5.73 Å². The summed E-state index contributed by atoms with van der Waals surface area (Å²) in [6, 6.07) is 13.9. The second-order valence-corrected chi connectivity index (χ2v) is 8.74. The van der Waals surface area contributed by atoms with Crippen LogP contribution in [0, 0.1) is 0 Å². The maximum Gasteiger partial charge on any atom is 0.295 e. The highest BCUT2D eigenvalue weighted by Gasteiger charge is 2.45. The lowest BCUT2D eigenvalue weighted by Gasteiger charge is -2.26. The number of nitrogens with zero attached hydrogens (tertiary/aromatic N) is 1. The summed E-state index contributed by atoms with van der Waals surface area (Å²) in [7, 11) is 1.55. The molecule has 1 unspecified atom stereocenters. The number of aliphatic hydroxyl groups excluding tert-OH is 1. The molecule has 2 aromatic rings. The molecule has 2 aromatic carbocycles. The molecule has 1 aliphatic heterocycles. The Bertz CT molecular complexity index is 986. The zero-order chi connectivity index (χ0) is 22.8. The number of ketones is 1. The minimum atomic E-state index is -0.685. The molecule has 0 bridgehead atoms. The average molecular weight is 423 g/mol. The van der Waals surface area contributed by atoms with Gasteiger partial charge in [-0.3, -0.25) is 9.59 Å². The van der Waals surface area contributed by atoms with Crippen molar-refractivity contribution < 1.29 is 19.4 Å². The minimum absolute atomic E-state index is 0.0248. The molecule has 1 saturated heterocycles. The molecule has 1 fully saturated rings. The molecular formula is C25H30N2O4. The molecule has 1 aliphatic rings. The lowest BCUT2D eigenvalue weighted by molar-refractivity contribution is -0.139. The van der Waals surface area contributed by atoms with E-state index in [1.54, 1.807) is 31.4 Å². The Kier molecular flexibility index (Phi) is 6.51. The molecule has 31 heavy (non-hydrogen) atoms. The van der Waals surface area contributed by atoms with Crippen molar-refractivity contribution in [1.82, 2.24) is 4.90 Å². The number of benzene rings is 2. The van der Waals surface area contributed by atoms with Crippen LogP contribution < -0.4 is 10.5 Å². The van der Waals surface area contributed by atoms with E-state index in [9.17, 15) is 14.7 Å². The highest BCUT2D eigenvalue weighted by atomic mass is 16.5. The first-order valence-corrected chi connectivity index (χ1v) is 10.4. The number of hydrogen-bond donors (Lipinski definition) is 2. The van der Waals surface area contributed by atoms with Gasteiger partial charge in [0.1, 0.15) is 11.5 Å². The van der Waals surface area contributed by atoms with Gasteiger partial charge in [-0.15, -0.1) is 0 Å². The zero-order valence-electron chi connectivity index (χ0n) is 18.5. The van der Waals surface area contributed by atoms with Crippen molar-refractivity contribution in [1.29, 1.82) is 0 Å². The van der Waals surface area contributed by atoms with Crippen LogP contribution >= 0.6 is 0 Å². The highest BCUT2D eigenvalue weighted by Crippen LogP contribution is 2.40. The van der Waals surface area contributed by atoms with Crippen molar-refractivity contribution in [3.8, 4) is 5.75 Å². The van der Waals surface area contributed by atoms with Gasteiger partial charge in [0.2, 0.25) is 0 Å². The fourth-order valence-electron chi connectivity index (χ4n) is 3.79. The predicted octanol–water partition coefficient (Wildman–Crippen LogP) is 3.76. The molecule has 164 valence electrons. The summed E-state index contributed by atoms with van der Waals surface area (Å²) in [6.07, 6.45) is 0.562. The van der Waals surface area contributed by atoms with Crippen LogP contribution in [-0.4, -0.2) is 41.9 Å². The van der Waals surface area contributed by atoms with Gasteiger partial charge in [-0.2, -0.15) is 0 Å². The van der Waals surface area contributed by atoms with Crippen LogP contribution in [0.3, 0.4) is 0 Å². The van der Waals surface area contributed by atoms with E-state index in [1.807, 2.05) is 24.3 Å². The van der Waals surface area contributed by atoms with Crippen molar-refractivity contribution in [2.45, 2.75) is 38.6 Å². The third-order valence-corrected chi connectivity index (χ3v) is 5.60. The lowest BCUT2D eigenvalue weighted by atomic mass is 9.85. The van der Waals surface area contributed by atoms with Crippen molar-refractivity contribution in [2.75, 3.05) is 20.2 Å². The zero-order valence-corrected chi connectivity index (χ0v) is 18.5. The Morgan fingerprint density at radius 1 is 1.06 bits per heavy atom. The minimum Gasteiger partial charge on any atom is -0.507 e. The van der Waals surface area contributed by atoms with Crippen LogP contribution in [-0.2, 0) is 15.0 Å². The summed E-state index contributed by atoms with van der Waals surface area (Å²) in [5.41, 5.74) is 8.10. The molecule has 0 radical (unpaired) electrons. The fraction of sp³-hybridized carbons (Fsp3) is 0.360. The average Bonchev–Trinajstić information content (AvgIpc) is 3.01. The van der Waals surface area contributed by atoms with Gasteiger partial charge in [0.15, 0.2) is 0 Å². The number of hydrogen-bond acceptors (Lipinski definition) is 5. The van der Waals surface area contributed by atoms with E-state index in [1.165, 1.54) is 4.90 Å². The maximum absolute atomic E-state index is 13.0. The predicted molar refractivity (Wildman–Crippen MR) is 121 cm³/mol. The van der Waals surface area contributed by atoms with Crippen LogP contribution in [0.25, 0.3) is 5.76 Å². The van der Waals surface area contributed by atoms with E-state index in [2.05, 4.69) is 20.8 Å². The molecule has 3 rings (SSSR count). The van der Waals surface area contributed by atoms with Gasteiger partial charge in [-0.25, -0.2) is 0 Å². The summed E-state index contributed by atoms with van der Waals surface area (Å²) in [4.78, 5) is 27.3. The quantitative estimate of drug-likeness (QED) is 0.420. The fourth-order valence-corrected chi connectivity index (χ4v) is 3.79. The molecule has 1 atom stereocenters. The third-order valence-electron chi connectivity index (χ3n) is 5.60. The maximum atomic E-state index is 13.0. The Morgan fingerprint density at radius 3 is 2.19 bits per heavy atom. The van der Waals surface area contributed by atoms with Crippen LogP contribution in [0.4, 0.5) is 0 Å². The number of carbonyl (C=O) groups excluding carboxylic acids is 2. The molecular weight excluding hydrogens is 392 g/mol. The molecule has 0 saturated carbocycles. The Morgan fingerprint density at radius 2 is 1.68 bits per heavy atom. The topological polar surface area (TPSA) is 92.9 Å². The highest BCUT2D eigenvalue weighted by molar-refractivity contribution is 6.46. The van der Waals surface area contributed by atoms with E-state index < -0.39 is 17.7 Å². The van der Waals surface area contributed by atoms with E-state index in [0.717, 1.165) is 11.1 Å². The van der Waals surface area contributed by atoms with Crippen molar-refractivity contribution >= 4 is 17.4 Å². The molecule has 6 nitrogen and oxygen atoms in total. The third kappa shape index (κ3) is 4.49. The normalized spacial score (nSPS) is 18.5. The Labute approximate surface area is 183 Å². The Hall–Kier alpha value is -3.12. The van der Waals surface area contributed by atoms with Crippen molar-refractivity contribution in [3.05, 3.63) is 70.8 Å². The second kappa shape index (κ2) is 8.94. The number of amides is 1. The van der Waals surface area contributed by atoms with Crippen LogP contribution in [0.1, 0.15) is 49.9 Å². The number of likely N-dealkylation sites (tertiary alicyclic amines) is 1. The molecule has 0 aromatic heterocycles. The van der Waals surface area contributed by atoms with Crippen LogP contribution in [0.2, 0.25) is 0 Å². The van der Waals surface area contributed by atoms with E-state index >= 15 is 0 Å². The summed E-state index contributed by atoms with van der Waals surface area (Å²) >= 11 is 0. The van der Waals surface area contributed by atoms with Gasteiger partial charge in [0, 0.05) is 12.1 Å². The largest absolute Gasteiger partial charge is 0.507 e. The van der Waals surface area contributed by atoms with Gasteiger partial charge >= 0.3 is 0 Å². The van der Waals surface area contributed by atoms with Gasteiger partial charge < -0.3 is 20.5 Å². The van der Waals surface area contributed by atoms with Gasteiger partial charge in [0.25, 0.3) is 11.7 Å². The smallest absolute Gasteiger partial charge is 0.295 e. The first-order valence-electron chi connectivity index (χ1n) is 10.4. The van der Waals surface area contributed by atoms with Gasteiger partial charge in [-0.05, 0) is 53.8 Å². The van der Waals surface area contributed by atoms with Crippen LogP contribution in [0.15, 0.2) is 54.1 Å². The molecule has 3 N–H and O–H groups in total. The number of carbonyl (C=O) groups is 2. The number of methoxy groups -OCH3 is 1. The van der Waals surface area contributed by atoms with E-state index in [-0.39, 0.29) is 16.7 Å². The molecule has 1 amide bonds. The number of Topliss-reactive ketones (excluding diaryl/α,β-unsaturated/α-hetero) is 1. The standard InChI is InChI=1S/C25H30N2O4/c1-25(2,3)18-10-6-16(7-11-18)21-20(23(29)24(30)27(21)15-5-14-26)22(28)17-8-12-19(31-4)13-9-17/h6-13,21,28H,5,14-15,26H2,1-4H3/b22-20+. The Balaban J connectivity index is 2.12. The summed E-state index contributed by atoms with van der Waals surface area (Å²) in [5.74, 6) is -0.862. The molecule has 0 aliphatic carbocycles. The first kappa shape index (κ1) is 22.6. The number of ether oxygens (including phenoxy) is 1. The summed E-state index contributed by atoms with van der Waals surface area (Å²) in [6.45, 7) is 7.11. The first-order chi connectivity index (χ1) is 14.7. The van der Waals surface area contributed by atoms with Gasteiger partial charge in [-0.1, -0.05) is 45.0 Å². The number of rotatable bonds is 6. The SMILES string of the molecule is COc1ccc(/C(O)=C2\C(=O)C(=O)N(CCCN)C2c2ccc(C(C)(C)C)cc2)cc1.